The molecule has 10 heavy (non-hydrogen) atoms. The third kappa shape index (κ3) is 1.44. The first kappa shape index (κ1) is 7.47. The molecular weight excluding hydrogens is 196 g/mol. The topological polar surface area (TPSA) is 45.8 Å². The van der Waals surface area contributed by atoms with Crippen LogP contribution in [0.15, 0.2) is 10.9 Å². The smallest absolute Gasteiger partial charge is 0.268 e. The van der Waals surface area contributed by atoms with Gasteiger partial charge in [0, 0.05) is 10.9 Å². The van der Waals surface area contributed by atoms with E-state index < -0.39 is 0 Å². The number of halogens is 1. The Kier molecular flexibility index (Phi) is 2.21. The summed E-state index contributed by atoms with van der Waals surface area (Å²) in [6.45, 7) is 1.84. The first-order valence-electron chi connectivity index (χ1n) is 2.85. The highest BCUT2D eigenvalue weighted by molar-refractivity contribution is 9.08. The van der Waals surface area contributed by atoms with E-state index in [4.69, 9.17) is 0 Å². The Labute approximate surface area is 66.6 Å². The summed E-state index contributed by atoms with van der Waals surface area (Å²) >= 11 is 3.19. The lowest BCUT2D eigenvalue weighted by atomic mass is 10.3. The average molecular weight is 203 g/mol. The monoisotopic (exact) mass is 202 g/mol. The molecule has 0 radical (unpaired) electrons. The molecule has 0 spiro atoms. The molecule has 4 heteroatoms. The zero-order valence-electron chi connectivity index (χ0n) is 5.52. The van der Waals surface area contributed by atoms with Gasteiger partial charge in [0.05, 0.1) is 5.69 Å². The molecule has 0 amide bonds. The molecular formula is C6H7BrN2O. The van der Waals surface area contributed by atoms with Gasteiger partial charge in [0.1, 0.15) is 0 Å². The largest absolute Gasteiger partial charge is 0.268 e. The first-order valence-corrected chi connectivity index (χ1v) is 3.97. The van der Waals surface area contributed by atoms with Gasteiger partial charge >= 0.3 is 0 Å². The van der Waals surface area contributed by atoms with Crippen molar-refractivity contribution in [3.63, 3.8) is 0 Å². The number of nitrogens with one attached hydrogen (secondary N) is 1. The number of alkyl halides is 1. The van der Waals surface area contributed by atoms with E-state index in [1.165, 1.54) is 0 Å². The molecule has 0 aliphatic carbocycles. The predicted octanol–water partition coefficient (Wildman–Crippen LogP) is 0.973. The molecule has 0 atom stereocenters. The summed E-state index contributed by atoms with van der Waals surface area (Å²) in [5, 5.41) is 6.69. The molecule has 3 nitrogen and oxygen atoms in total. The Morgan fingerprint density at radius 2 is 2.50 bits per heavy atom. The maximum Gasteiger partial charge on any atom is 0.268 e. The molecule has 1 aromatic heterocycles. The third-order valence-corrected chi connectivity index (χ3v) is 1.76. The van der Waals surface area contributed by atoms with Crippen LogP contribution in [0.1, 0.15) is 11.3 Å². The minimum atomic E-state index is -0.123. The van der Waals surface area contributed by atoms with Gasteiger partial charge in [-0.3, -0.25) is 4.79 Å². The van der Waals surface area contributed by atoms with E-state index in [-0.39, 0.29) is 5.56 Å². The van der Waals surface area contributed by atoms with Gasteiger partial charge in [-0.05, 0) is 13.0 Å². The van der Waals surface area contributed by atoms with Crippen molar-refractivity contribution in [2.75, 3.05) is 0 Å². The van der Waals surface area contributed by atoms with E-state index in [1.807, 2.05) is 6.92 Å². The summed E-state index contributed by atoms with van der Waals surface area (Å²) in [6.07, 6.45) is 0. The van der Waals surface area contributed by atoms with Gasteiger partial charge in [0.25, 0.3) is 5.56 Å². The van der Waals surface area contributed by atoms with Gasteiger partial charge in [-0.15, -0.1) is 0 Å². The van der Waals surface area contributed by atoms with Crippen molar-refractivity contribution in [1.29, 1.82) is 0 Å². The Hall–Kier alpha value is -0.640. The van der Waals surface area contributed by atoms with Crippen LogP contribution < -0.4 is 5.56 Å². The van der Waals surface area contributed by atoms with Crippen molar-refractivity contribution in [2.45, 2.75) is 12.3 Å². The number of H-pyrrole nitrogens is 1. The Balaban J connectivity index is 3.22. The maximum absolute atomic E-state index is 10.9. The van der Waals surface area contributed by atoms with Crippen molar-refractivity contribution in [3.8, 4) is 0 Å². The van der Waals surface area contributed by atoms with Crippen LogP contribution in [0.4, 0.5) is 0 Å². The van der Waals surface area contributed by atoms with Gasteiger partial charge in [0.2, 0.25) is 0 Å². The predicted molar refractivity (Wildman–Crippen MR) is 42.2 cm³/mol. The fourth-order valence-electron chi connectivity index (χ4n) is 0.660. The van der Waals surface area contributed by atoms with Gasteiger partial charge in [-0.25, -0.2) is 5.10 Å². The van der Waals surface area contributed by atoms with E-state index in [9.17, 15) is 4.79 Å². The fraction of sp³-hybridized carbons (Fsp3) is 0.333. The second kappa shape index (κ2) is 2.96. The molecule has 1 aromatic rings. The van der Waals surface area contributed by atoms with E-state index in [2.05, 4.69) is 26.1 Å². The SMILES string of the molecule is Cc1cc(CBr)c(=O)[nH]n1. The number of hydrogen-bond acceptors (Lipinski definition) is 2. The average Bonchev–Trinajstić information content (AvgIpc) is 1.94. The number of aromatic nitrogens is 2. The first-order chi connectivity index (χ1) is 4.74. The van der Waals surface area contributed by atoms with Crippen LogP contribution in [0.3, 0.4) is 0 Å². The zero-order valence-corrected chi connectivity index (χ0v) is 7.10. The second-order valence-electron chi connectivity index (χ2n) is 2.00. The minimum Gasteiger partial charge on any atom is -0.268 e. The number of hydrogen-bond donors (Lipinski definition) is 1. The summed E-state index contributed by atoms with van der Waals surface area (Å²) in [7, 11) is 0. The van der Waals surface area contributed by atoms with Crippen LogP contribution in [-0.4, -0.2) is 10.2 Å². The molecule has 0 fully saturated rings. The molecule has 1 heterocycles. The fourth-order valence-corrected chi connectivity index (χ4v) is 1.08. The Morgan fingerprint density at radius 3 is 3.00 bits per heavy atom. The third-order valence-electron chi connectivity index (χ3n) is 1.15. The van der Waals surface area contributed by atoms with Crippen LogP contribution in [0, 0.1) is 6.92 Å². The van der Waals surface area contributed by atoms with Crippen LogP contribution in [0.5, 0.6) is 0 Å². The summed E-state index contributed by atoms with van der Waals surface area (Å²) in [6, 6.07) is 1.76. The number of nitrogens with zero attached hydrogens (tertiary/aromatic N) is 1. The molecule has 0 aromatic carbocycles. The van der Waals surface area contributed by atoms with Crippen LogP contribution in [-0.2, 0) is 5.33 Å². The highest BCUT2D eigenvalue weighted by Crippen LogP contribution is 1.98. The lowest BCUT2D eigenvalue weighted by Crippen LogP contribution is -2.12. The zero-order chi connectivity index (χ0) is 7.56. The molecule has 0 saturated carbocycles. The summed E-state index contributed by atoms with van der Waals surface area (Å²) in [4.78, 5) is 10.9. The van der Waals surface area contributed by atoms with Crippen molar-refractivity contribution in [1.82, 2.24) is 10.2 Å². The van der Waals surface area contributed by atoms with Crippen molar-refractivity contribution in [2.24, 2.45) is 0 Å². The van der Waals surface area contributed by atoms with Gasteiger partial charge in [-0.1, -0.05) is 15.9 Å². The molecule has 1 rings (SSSR count). The van der Waals surface area contributed by atoms with E-state index in [0.29, 0.717) is 10.9 Å². The maximum atomic E-state index is 10.9. The number of aromatic amines is 1. The normalized spacial score (nSPS) is 9.80. The molecule has 0 aliphatic rings. The molecule has 0 aliphatic heterocycles. The highest BCUT2D eigenvalue weighted by atomic mass is 79.9. The molecule has 0 bridgehead atoms. The van der Waals surface area contributed by atoms with Crippen LogP contribution in [0.2, 0.25) is 0 Å². The quantitative estimate of drug-likeness (QED) is 0.691. The number of aryl methyl sites for hydroxylation is 1. The Bertz CT molecular complexity index is 281. The van der Waals surface area contributed by atoms with E-state index in [0.717, 1.165) is 5.69 Å². The standard InChI is InChI=1S/C6H7BrN2O/c1-4-2-5(3-7)6(10)9-8-4/h2H,3H2,1H3,(H,9,10). The van der Waals surface area contributed by atoms with Gasteiger partial charge < -0.3 is 0 Å². The van der Waals surface area contributed by atoms with Gasteiger partial charge in [0.15, 0.2) is 0 Å². The lowest BCUT2D eigenvalue weighted by molar-refractivity contribution is 0.927. The van der Waals surface area contributed by atoms with Crippen molar-refractivity contribution >= 4 is 15.9 Å². The van der Waals surface area contributed by atoms with Crippen molar-refractivity contribution in [3.05, 3.63) is 27.7 Å². The summed E-state index contributed by atoms with van der Waals surface area (Å²) < 4.78 is 0. The van der Waals surface area contributed by atoms with Gasteiger partial charge in [-0.2, -0.15) is 5.10 Å². The molecule has 54 valence electrons. The van der Waals surface area contributed by atoms with E-state index in [1.54, 1.807) is 6.07 Å². The van der Waals surface area contributed by atoms with E-state index >= 15 is 0 Å². The summed E-state index contributed by atoms with van der Waals surface area (Å²) in [5.41, 5.74) is 1.42. The second-order valence-corrected chi connectivity index (χ2v) is 2.56. The summed E-state index contributed by atoms with van der Waals surface area (Å²) in [5.74, 6) is 0. The minimum absolute atomic E-state index is 0.123. The molecule has 1 N–H and O–H groups in total. The van der Waals surface area contributed by atoms with Crippen molar-refractivity contribution < 1.29 is 0 Å². The Morgan fingerprint density at radius 1 is 1.80 bits per heavy atom. The highest BCUT2D eigenvalue weighted by Gasteiger charge is 1.96. The van der Waals surface area contributed by atoms with Crippen LogP contribution >= 0.6 is 15.9 Å². The number of rotatable bonds is 1. The molecule has 0 saturated heterocycles. The lowest BCUT2D eigenvalue weighted by Gasteiger charge is -1.93. The molecule has 0 unspecified atom stereocenters. The van der Waals surface area contributed by atoms with Crippen LogP contribution in [0.25, 0.3) is 0 Å².